The fourth-order valence-corrected chi connectivity index (χ4v) is 4.44. The maximum atomic E-state index is 13.2. The van der Waals surface area contributed by atoms with Crippen molar-refractivity contribution in [3.8, 4) is 0 Å². The van der Waals surface area contributed by atoms with Crippen LogP contribution >= 0.6 is 11.6 Å². The van der Waals surface area contributed by atoms with Crippen molar-refractivity contribution in [2.24, 2.45) is 5.10 Å². The number of nitrogens with zero attached hydrogens (tertiary/aromatic N) is 3. The average molecular weight is 473 g/mol. The largest absolute Gasteiger partial charge is 0.293 e. The van der Waals surface area contributed by atoms with Gasteiger partial charge in [0.1, 0.15) is 12.2 Å². The Morgan fingerprint density at radius 1 is 1.06 bits per heavy atom. The number of hydrogen-bond acceptors (Lipinski definition) is 6. The van der Waals surface area contributed by atoms with Crippen LogP contribution in [0.4, 0.5) is 11.4 Å². The average Bonchev–Trinajstić information content (AvgIpc) is 2.78. The first-order valence-corrected chi connectivity index (χ1v) is 11.0. The van der Waals surface area contributed by atoms with Crippen molar-refractivity contribution in [2.75, 3.05) is 10.8 Å². The molecule has 0 aliphatic carbocycles. The molecule has 0 fully saturated rings. The zero-order valence-electron chi connectivity index (χ0n) is 16.5. The molecule has 0 heterocycles. The summed E-state index contributed by atoms with van der Waals surface area (Å²) in [5.74, 6) is -0.791. The molecule has 3 aromatic carbocycles. The molecule has 1 amide bonds. The molecule has 164 valence electrons. The lowest BCUT2D eigenvalue weighted by Crippen LogP contribution is -2.39. The van der Waals surface area contributed by atoms with Crippen LogP contribution in [0.3, 0.4) is 0 Å². The summed E-state index contributed by atoms with van der Waals surface area (Å²) in [6, 6.07) is 19.3. The van der Waals surface area contributed by atoms with Crippen molar-refractivity contribution in [2.45, 2.75) is 4.90 Å². The number of para-hydroxylation sites is 2. The molecule has 0 aliphatic heterocycles. The quantitative estimate of drug-likeness (QED) is 0.305. The summed E-state index contributed by atoms with van der Waals surface area (Å²) in [5, 5.41) is 15.8. The van der Waals surface area contributed by atoms with Crippen LogP contribution in [0, 0.1) is 10.1 Å². The number of nitro benzene ring substituents is 1. The van der Waals surface area contributed by atoms with E-state index in [4.69, 9.17) is 11.6 Å². The SMILES string of the molecule is O=C(CN(c1ccccc1[N+](=O)[O-])S(=O)(=O)c1ccccc1)N/N=C\c1cccc(Cl)c1. The molecule has 3 aromatic rings. The van der Waals surface area contributed by atoms with E-state index in [0.717, 1.165) is 6.07 Å². The summed E-state index contributed by atoms with van der Waals surface area (Å²) >= 11 is 5.89. The van der Waals surface area contributed by atoms with E-state index < -0.39 is 33.1 Å². The normalized spacial score (nSPS) is 11.3. The number of hydrazone groups is 1. The van der Waals surface area contributed by atoms with Crippen LogP contribution in [-0.2, 0) is 14.8 Å². The number of rotatable bonds is 8. The van der Waals surface area contributed by atoms with Crippen molar-refractivity contribution < 1.29 is 18.1 Å². The molecule has 0 aromatic heterocycles. The summed E-state index contributed by atoms with van der Waals surface area (Å²) in [6.07, 6.45) is 1.34. The zero-order valence-corrected chi connectivity index (χ0v) is 18.0. The number of anilines is 1. The van der Waals surface area contributed by atoms with Gasteiger partial charge in [0, 0.05) is 11.1 Å². The van der Waals surface area contributed by atoms with E-state index in [1.807, 2.05) is 0 Å². The second-order valence-electron chi connectivity index (χ2n) is 6.42. The Labute approximate surface area is 189 Å². The standard InChI is InChI=1S/C21H17ClN4O5S/c22-17-8-6-7-16(13-17)14-23-24-21(27)15-25(19-11-4-5-12-20(19)26(28)29)32(30,31)18-9-2-1-3-10-18/h1-14H,15H2,(H,24,27)/b23-14-. The molecule has 0 bridgehead atoms. The molecule has 0 radical (unpaired) electrons. The zero-order chi connectivity index (χ0) is 23.1. The number of hydrogen-bond donors (Lipinski definition) is 1. The number of nitro groups is 1. The van der Waals surface area contributed by atoms with Gasteiger partial charge in [-0.2, -0.15) is 5.10 Å². The fraction of sp³-hybridized carbons (Fsp3) is 0.0476. The highest BCUT2D eigenvalue weighted by atomic mass is 35.5. The number of carbonyl (C=O) groups excluding carboxylic acids is 1. The minimum atomic E-state index is -4.29. The fourth-order valence-electron chi connectivity index (χ4n) is 2.78. The van der Waals surface area contributed by atoms with E-state index in [0.29, 0.717) is 14.9 Å². The van der Waals surface area contributed by atoms with Crippen LogP contribution in [0.1, 0.15) is 5.56 Å². The van der Waals surface area contributed by atoms with Gasteiger partial charge in [0.05, 0.1) is 16.0 Å². The second-order valence-corrected chi connectivity index (χ2v) is 8.72. The van der Waals surface area contributed by atoms with Crippen molar-refractivity contribution in [1.82, 2.24) is 5.43 Å². The lowest BCUT2D eigenvalue weighted by Gasteiger charge is -2.23. The monoisotopic (exact) mass is 472 g/mol. The minimum absolute atomic E-state index is 0.117. The van der Waals surface area contributed by atoms with Crippen LogP contribution in [0.5, 0.6) is 0 Å². The molecular formula is C21H17ClN4O5S. The van der Waals surface area contributed by atoms with Crippen molar-refractivity contribution in [1.29, 1.82) is 0 Å². The third kappa shape index (κ3) is 5.48. The van der Waals surface area contributed by atoms with E-state index in [9.17, 15) is 23.3 Å². The molecule has 3 rings (SSSR count). The van der Waals surface area contributed by atoms with E-state index in [1.165, 1.54) is 48.7 Å². The maximum Gasteiger partial charge on any atom is 0.293 e. The second kappa shape index (κ2) is 10.0. The molecule has 0 unspecified atom stereocenters. The molecule has 11 heteroatoms. The lowest BCUT2D eigenvalue weighted by atomic mass is 10.2. The number of sulfonamides is 1. The van der Waals surface area contributed by atoms with Gasteiger partial charge in [-0.1, -0.05) is 54.1 Å². The molecule has 9 nitrogen and oxygen atoms in total. The minimum Gasteiger partial charge on any atom is -0.271 e. The Morgan fingerprint density at radius 3 is 2.44 bits per heavy atom. The number of halogens is 1. The Morgan fingerprint density at radius 2 is 1.75 bits per heavy atom. The van der Waals surface area contributed by atoms with E-state index in [-0.39, 0.29) is 10.6 Å². The first kappa shape index (κ1) is 22.9. The molecular weight excluding hydrogens is 456 g/mol. The summed E-state index contributed by atoms with van der Waals surface area (Å²) in [7, 11) is -4.29. The van der Waals surface area contributed by atoms with Crippen LogP contribution in [0.2, 0.25) is 5.02 Å². The van der Waals surface area contributed by atoms with Gasteiger partial charge in [-0.25, -0.2) is 18.1 Å². The number of benzene rings is 3. The predicted octanol–water partition coefficient (Wildman–Crippen LogP) is 3.59. The molecule has 0 saturated heterocycles. The van der Waals surface area contributed by atoms with Crippen molar-refractivity contribution in [3.63, 3.8) is 0 Å². The summed E-state index contributed by atoms with van der Waals surface area (Å²) in [6.45, 7) is -0.727. The van der Waals surface area contributed by atoms with Gasteiger partial charge < -0.3 is 0 Å². The smallest absolute Gasteiger partial charge is 0.271 e. The third-order valence-electron chi connectivity index (χ3n) is 4.22. The van der Waals surface area contributed by atoms with Gasteiger partial charge in [0.15, 0.2) is 0 Å². The molecule has 0 spiro atoms. The highest BCUT2D eigenvalue weighted by Crippen LogP contribution is 2.31. The van der Waals surface area contributed by atoms with E-state index >= 15 is 0 Å². The number of nitrogens with one attached hydrogen (secondary N) is 1. The summed E-state index contributed by atoms with van der Waals surface area (Å²) in [4.78, 5) is 23.2. The molecule has 1 N–H and O–H groups in total. The van der Waals surface area contributed by atoms with Crippen LogP contribution < -0.4 is 9.73 Å². The number of amides is 1. The Balaban J connectivity index is 1.91. The van der Waals surface area contributed by atoms with E-state index in [1.54, 1.807) is 30.3 Å². The first-order chi connectivity index (χ1) is 15.3. The van der Waals surface area contributed by atoms with E-state index in [2.05, 4.69) is 10.5 Å². The topological polar surface area (TPSA) is 122 Å². The summed E-state index contributed by atoms with van der Waals surface area (Å²) in [5.41, 5.74) is 2.15. The summed E-state index contributed by atoms with van der Waals surface area (Å²) < 4.78 is 27.2. The van der Waals surface area contributed by atoms with Crippen LogP contribution in [0.15, 0.2) is 88.9 Å². The molecule has 0 aliphatic rings. The van der Waals surface area contributed by atoms with Crippen LogP contribution in [-0.4, -0.2) is 32.0 Å². The van der Waals surface area contributed by atoms with Crippen molar-refractivity contribution in [3.05, 3.63) is 99.6 Å². The molecule has 0 atom stereocenters. The third-order valence-corrected chi connectivity index (χ3v) is 6.23. The first-order valence-electron chi connectivity index (χ1n) is 9.18. The Bertz CT molecular complexity index is 1270. The van der Waals surface area contributed by atoms with Crippen molar-refractivity contribution >= 4 is 45.1 Å². The Hall–Kier alpha value is -3.76. The molecule has 0 saturated carbocycles. The Kier molecular flexibility index (Phi) is 7.18. The number of carbonyl (C=O) groups is 1. The lowest BCUT2D eigenvalue weighted by molar-refractivity contribution is -0.384. The predicted molar refractivity (Wildman–Crippen MR) is 121 cm³/mol. The van der Waals surface area contributed by atoms with Gasteiger partial charge in [0.25, 0.3) is 21.6 Å². The highest BCUT2D eigenvalue weighted by molar-refractivity contribution is 7.92. The van der Waals surface area contributed by atoms with Gasteiger partial charge in [-0.15, -0.1) is 0 Å². The highest BCUT2D eigenvalue weighted by Gasteiger charge is 2.31. The van der Waals surface area contributed by atoms with Gasteiger partial charge in [-0.05, 0) is 35.9 Å². The van der Waals surface area contributed by atoms with Crippen LogP contribution in [0.25, 0.3) is 0 Å². The van der Waals surface area contributed by atoms with Gasteiger partial charge >= 0.3 is 0 Å². The van der Waals surface area contributed by atoms with Gasteiger partial charge in [-0.3, -0.25) is 14.9 Å². The maximum absolute atomic E-state index is 13.2. The van der Waals surface area contributed by atoms with Gasteiger partial charge in [0.2, 0.25) is 0 Å². The molecule has 32 heavy (non-hydrogen) atoms.